The van der Waals surface area contributed by atoms with Gasteiger partial charge in [0.2, 0.25) is 0 Å². The highest BCUT2D eigenvalue weighted by molar-refractivity contribution is 8.18. The molecule has 6 heteroatoms. The maximum Gasteiger partial charge on any atom is 0.266 e. The number of hydrogen-bond acceptors (Lipinski definition) is 4. The third-order valence-electron chi connectivity index (χ3n) is 4.93. The lowest BCUT2D eigenvalue weighted by Gasteiger charge is -2.12. The van der Waals surface area contributed by atoms with Crippen molar-refractivity contribution in [2.45, 2.75) is 13.5 Å². The number of nitrogens with zero attached hydrogens (tertiary/aromatic N) is 3. The smallest absolute Gasteiger partial charge is 0.266 e. The zero-order valence-electron chi connectivity index (χ0n) is 17.0. The van der Waals surface area contributed by atoms with Crippen molar-refractivity contribution < 1.29 is 9.53 Å². The number of fused-ring (bicyclic) bond motifs is 1. The van der Waals surface area contributed by atoms with Gasteiger partial charge in [0.05, 0.1) is 17.7 Å². The molecule has 0 saturated carbocycles. The van der Waals surface area contributed by atoms with Gasteiger partial charge >= 0.3 is 0 Å². The summed E-state index contributed by atoms with van der Waals surface area (Å²) in [6.45, 7) is 7.09. The molecule has 2 aromatic carbocycles. The Bertz CT molecular complexity index is 1160. The van der Waals surface area contributed by atoms with Crippen LogP contribution in [0.5, 0.6) is 5.75 Å². The fourth-order valence-electron chi connectivity index (χ4n) is 3.46. The summed E-state index contributed by atoms with van der Waals surface area (Å²) < 4.78 is 7.34. The van der Waals surface area contributed by atoms with Crippen molar-refractivity contribution in [2.24, 2.45) is 4.99 Å². The molecule has 1 aliphatic rings. The van der Waals surface area contributed by atoms with Crippen molar-refractivity contribution in [3.8, 4) is 5.75 Å². The number of hydrogen-bond donors (Lipinski definition) is 0. The van der Waals surface area contributed by atoms with Crippen LogP contribution in [-0.2, 0) is 11.3 Å². The van der Waals surface area contributed by atoms with Crippen LogP contribution in [0.1, 0.15) is 12.5 Å². The topological polar surface area (TPSA) is 46.8 Å². The zero-order chi connectivity index (χ0) is 21.1. The Hall–Kier alpha value is -3.25. The van der Waals surface area contributed by atoms with Crippen LogP contribution >= 0.6 is 11.8 Å². The molecule has 0 bridgehead atoms. The number of carbonyl (C=O) groups excluding carboxylic acids is 1. The van der Waals surface area contributed by atoms with Gasteiger partial charge in [-0.2, -0.15) is 0 Å². The van der Waals surface area contributed by atoms with Crippen LogP contribution in [0.3, 0.4) is 0 Å². The molecule has 0 N–H and O–H groups in total. The molecule has 30 heavy (non-hydrogen) atoms. The first kappa shape index (κ1) is 20.0. The number of aliphatic imine (C=N–C) groups is 1. The van der Waals surface area contributed by atoms with Gasteiger partial charge in [-0.3, -0.25) is 9.69 Å². The minimum absolute atomic E-state index is 0.0182. The van der Waals surface area contributed by atoms with Crippen LogP contribution in [-0.4, -0.2) is 34.2 Å². The lowest BCUT2D eigenvalue weighted by molar-refractivity contribution is -0.122. The minimum atomic E-state index is -0.0182. The molecule has 1 aromatic heterocycles. The molecule has 1 aliphatic heterocycles. The second-order valence-corrected chi connectivity index (χ2v) is 7.80. The van der Waals surface area contributed by atoms with E-state index >= 15 is 0 Å². The van der Waals surface area contributed by atoms with E-state index in [1.54, 1.807) is 12.0 Å². The lowest BCUT2D eigenvalue weighted by atomic mass is 10.1. The van der Waals surface area contributed by atoms with E-state index < -0.39 is 0 Å². The number of para-hydroxylation sites is 1. The molecule has 1 amide bonds. The molecule has 2 heterocycles. The summed E-state index contributed by atoms with van der Waals surface area (Å²) in [6.07, 6.45) is 5.91. The number of benzene rings is 2. The van der Waals surface area contributed by atoms with Crippen LogP contribution in [0.4, 0.5) is 5.69 Å². The molecular formula is C24H23N3O2S. The summed E-state index contributed by atoms with van der Waals surface area (Å²) in [5, 5.41) is 1.80. The van der Waals surface area contributed by atoms with Crippen LogP contribution in [0.2, 0.25) is 0 Å². The van der Waals surface area contributed by atoms with Crippen LogP contribution in [0, 0.1) is 0 Å². The summed E-state index contributed by atoms with van der Waals surface area (Å²) >= 11 is 1.41. The Balaban J connectivity index is 1.71. The van der Waals surface area contributed by atoms with Gasteiger partial charge in [0, 0.05) is 35.8 Å². The Morgan fingerprint density at radius 1 is 1.17 bits per heavy atom. The van der Waals surface area contributed by atoms with Gasteiger partial charge < -0.3 is 9.30 Å². The van der Waals surface area contributed by atoms with Crippen LogP contribution < -0.4 is 4.74 Å². The van der Waals surface area contributed by atoms with E-state index in [9.17, 15) is 4.79 Å². The largest absolute Gasteiger partial charge is 0.497 e. The first-order valence-corrected chi connectivity index (χ1v) is 10.6. The predicted molar refractivity (Wildman–Crippen MR) is 125 cm³/mol. The summed E-state index contributed by atoms with van der Waals surface area (Å²) in [5.74, 6) is 0.758. The molecular weight excluding hydrogens is 394 g/mol. The van der Waals surface area contributed by atoms with Gasteiger partial charge in [0.1, 0.15) is 5.75 Å². The molecule has 152 valence electrons. The van der Waals surface area contributed by atoms with Crippen LogP contribution in [0.15, 0.2) is 77.3 Å². The highest BCUT2D eigenvalue weighted by Crippen LogP contribution is 2.35. The molecule has 0 spiro atoms. The van der Waals surface area contributed by atoms with Gasteiger partial charge in [-0.25, -0.2) is 4.99 Å². The molecule has 0 aliphatic carbocycles. The average Bonchev–Trinajstić information content (AvgIpc) is 3.26. The highest BCUT2D eigenvalue weighted by Gasteiger charge is 2.32. The quantitative estimate of drug-likeness (QED) is 0.395. The minimum Gasteiger partial charge on any atom is -0.497 e. The van der Waals surface area contributed by atoms with Crippen molar-refractivity contribution in [1.29, 1.82) is 0 Å². The van der Waals surface area contributed by atoms with E-state index in [1.807, 2.05) is 55.5 Å². The predicted octanol–water partition coefficient (Wildman–Crippen LogP) is 5.46. The lowest BCUT2D eigenvalue weighted by Crippen LogP contribution is -2.28. The van der Waals surface area contributed by atoms with Gasteiger partial charge in [-0.15, -0.1) is 6.58 Å². The van der Waals surface area contributed by atoms with Crippen LogP contribution in [0.25, 0.3) is 17.0 Å². The molecule has 0 atom stereocenters. The first-order chi connectivity index (χ1) is 14.6. The molecule has 1 fully saturated rings. The van der Waals surface area contributed by atoms with Gasteiger partial charge in [0.15, 0.2) is 5.17 Å². The Morgan fingerprint density at radius 3 is 2.63 bits per heavy atom. The van der Waals surface area contributed by atoms with Gasteiger partial charge in [-0.05, 0) is 55.1 Å². The molecule has 3 aromatic rings. The second-order valence-electron chi connectivity index (χ2n) is 6.80. The number of likely N-dealkylation sites (N-methyl/N-ethyl adjacent to an activating group) is 1. The maximum absolute atomic E-state index is 13.0. The van der Waals surface area contributed by atoms with E-state index in [-0.39, 0.29) is 5.91 Å². The number of carbonyl (C=O) groups is 1. The Labute approximate surface area is 180 Å². The zero-order valence-corrected chi connectivity index (χ0v) is 17.9. The molecule has 0 radical (unpaired) electrons. The van der Waals surface area contributed by atoms with Crippen molar-refractivity contribution in [1.82, 2.24) is 9.47 Å². The average molecular weight is 418 g/mol. The highest BCUT2D eigenvalue weighted by atomic mass is 32.2. The number of ether oxygens (including phenoxy) is 1. The van der Waals surface area contributed by atoms with Gasteiger partial charge in [-0.1, -0.05) is 24.3 Å². The number of amides is 1. The SMILES string of the molecule is C=CCn1cc(/C=C2/SC(=Nc3ccc(OC)cc3)N(CC)C2=O)c2ccccc21. The molecule has 1 saturated heterocycles. The molecule has 5 nitrogen and oxygen atoms in total. The number of rotatable bonds is 6. The van der Waals surface area contributed by atoms with Crippen molar-refractivity contribution in [2.75, 3.05) is 13.7 Å². The summed E-state index contributed by atoms with van der Waals surface area (Å²) in [5.41, 5.74) is 2.93. The number of methoxy groups -OCH3 is 1. The summed E-state index contributed by atoms with van der Waals surface area (Å²) in [7, 11) is 1.63. The third kappa shape index (κ3) is 3.78. The van der Waals surface area contributed by atoms with E-state index in [2.05, 4.69) is 29.5 Å². The molecule has 0 unspecified atom stereocenters. The maximum atomic E-state index is 13.0. The number of allylic oxidation sites excluding steroid dienone is 1. The Morgan fingerprint density at radius 2 is 1.93 bits per heavy atom. The fourth-order valence-corrected chi connectivity index (χ4v) is 4.51. The summed E-state index contributed by atoms with van der Waals surface area (Å²) in [4.78, 5) is 20.1. The van der Waals surface area contributed by atoms with E-state index in [1.165, 1.54) is 11.8 Å². The van der Waals surface area contributed by atoms with E-state index in [4.69, 9.17) is 9.73 Å². The Kier molecular flexibility index (Phi) is 5.77. The standard InChI is InChI=1S/C24H23N3O2S/c1-4-14-26-16-17(20-8-6-7-9-21(20)26)15-22-23(28)27(5-2)24(30-22)25-18-10-12-19(29-3)13-11-18/h4,6-13,15-16H,1,5,14H2,2-3H3/b22-15+,25-24?. The van der Waals surface area contributed by atoms with E-state index in [0.29, 0.717) is 16.6 Å². The van der Waals surface area contributed by atoms with Crippen molar-refractivity contribution in [3.63, 3.8) is 0 Å². The van der Waals surface area contributed by atoms with Gasteiger partial charge in [0.25, 0.3) is 5.91 Å². The van der Waals surface area contributed by atoms with Crippen molar-refractivity contribution in [3.05, 3.63) is 77.9 Å². The fraction of sp³-hybridized carbons (Fsp3) is 0.167. The summed E-state index contributed by atoms with van der Waals surface area (Å²) in [6, 6.07) is 15.7. The third-order valence-corrected chi connectivity index (χ3v) is 5.94. The number of thioether (sulfide) groups is 1. The van der Waals surface area contributed by atoms with Crippen molar-refractivity contribution >= 4 is 45.5 Å². The van der Waals surface area contributed by atoms with E-state index in [0.717, 1.165) is 34.4 Å². The first-order valence-electron chi connectivity index (χ1n) is 9.77. The number of aromatic nitrogens is 1. The molecule has 4 rings (SSSR count). The second kappa shape index (κ2) is 8.63. The number of amidine groups is 1. The normalized spacial score (nSPS) is 16.7. The monoisotopic (exact) mass is 417 g/mol.